The number of carbonyl (C=O) groups is 1. The van der Waals surface area contributed by atoms with E-state index in [9.17, 15) is 4.79 Å². The Morgan fingerprint density at radius 3 is 2.69 bits per heavy atom. The van der Waals surface area contributed by atoms with Crippen LogP contribution in [-0.2, 0) is 4.79 Å². The zero-order valence-corrected chi connectivity index (χ0v) is 8.22. The van der Waals surface area contributed by atoms with E-state index >= 15 is 0 Å². The monoisotopic (exact) mass is 196 g/mol. The normalized spacial score (nSPS) is 33.1. The van der Waals surface area contributed by atoms with Gasteiger partial charge in [-0.15, -0.1) is 0 Å². The van der Waals surface area contributed by atoms with Crippen LogP contribution in [0.1, 0.15) is 25.7 Å². The summed E-state index contributed by atoms with van der Waals surface area (Å²) >= 11 is 5.30. The van der Waals surface area contributed by atoms with E-state index in [1.165, 1.54) is 0 Å². The van der Waals surface area contributed by atoms with Gasteiger partial charge in [0.1, 0.15) is 6.04 Å². The summed E-state index contributed by atoms with van der Waals surface area (Å²) in [6, 6.07) is 0.554. The number of rotatable bonds is 1. The summed E-state index contributed by atoms with van der Waals surface area (Å²) in [4.78, 5) is 15.8. The van der Waals surface area contributed by atoms with Crippen LogP contribution in [0.5, 0.6) is 0 Å². The first-order valence-electron chi connectivity index (χ1n) is 4.93. The minimum atomic E-state index is 0.105. The molecule has 0 aromatic rings. The second kappa shape index (κ2) is 2.44. The molecule has 0 N–H and O–H groups in total. The van der Waals surface area contributed by atoms with Crippen LogP contribution in [0.4, 0.5) is 0 Å². The Kier molecular flexibility index (Phi) is 1.45. The number of thiocarbonyl (C=S) groups is 1. The standard InChI is InChI=1S/C9H12N2OS/c12-8-7-2-1-5-10(7)9(13)11(8)6-3-4-6/h6-7H,1-5H2/t7-/m1/s1. The van der Waals surface area contributed by atoms with Crippen molar-refractivity contribution in [1.82, 2.24) is 9.80 Å². The molecule has 0 bridgehead atoms. The van der Waals surface area contributed by atoms with Crippen LogP contribution in [-0.4, -0.2) is 39.4 Å². The topological polar surface area (TPSA) is 23.6 Å². The van der Waals surface area contributed by atoms with E-state index in [1.54, 1.807) is 0 Å². The molecule has 3 nitrogen and oxygen atoms in total. The minimum absolute atomic E-state index is 0.105. The van der Waals surface area contributed by atoms with Crippen molar-refractivity contribution < 1.29 is 4.79 Å². The van der Waals surface area contributed by atoms with Gasteiger partial charge in [0, 0.05) is 12.6 Å². The van der Waals surface area contributed by atoms with Gasteiger partial charge in [-0.1, -0.05) is 0 Å². The number of hydrogen-bond acceptors (Lipinski definition) is 2. The largest absolute Gasteiger partial charge is 0.337 e. The summed E-state index contributed by atoms with van der Waals surface area (Å²) < 4.78 is 0. The lowest BCUT2D eigenvalue weighted by atomic mass is 10.2. The van der Waals surface area contributed by atoms with Crippen molar-refractivity contribution in [1.29, 1.82) is 0 Å². The number of carbonyl (C=O) groups excluding carboxylic acids is 1. The fourth-order valence-corrected chi connectivity index (χ4v) is 2.77. The van der Waals surface area contributed by atoms with Crippen LogP contribution in [0.2, 0.25) is 0 Å². The molecule has 2 heterocycles. The molecule has 0 aromatic heterocycles. The first-order valence-corrected chi connectivity index (χ1v) is 5.33. The summed E-state index contributed by atoms with van der Waals surface area (Å²) in [6.07, 6.45) is 4.41. The van der Waals surface area contributed by atoms with Crippen molar-refractivity contribution in [3.8, 4) is 0 Å². The van der Waals surface area contributed by atoms with E-state index in [-0.39, 0.29) is 11.9 Å². The van der Waals surface area contributed by atoms with E-state index in [0.717, 1.165) is 37.3 Å². The third-order valence-corrected chi connectivity index (χ3v) is 3.57. The fourth-order valence-electron chi connectivity index (χ4n) is 2.31. The summed E-state index contributed by atoms with van der Waals surface area (Å²) in [5.41, 5.74) is 0. The molecule has 0 aromatic carbocycles. The Labute approximate surface area is 82.7 Å². The van der Waals surface area contributed by atoms with Gasteiger partial charge in [-0.25, -0.2) is 0 Å². The molecule has 1 saturated carbocycles. The second-order valence-electron chi connectivity index (χ2n) is 4.07. The molecule has 2 aliphatic heterocycles. The third-order valence-electron chi connectivity index (χ3n) is 3.14. The molecule has 13 heavy (non-hydrogen) atoms. The van der Waals surface area contributed by atoms with E-state index < -0.39 is 0 Å². The van der Waals surface area contributed by atoms with Crippen molar-refractivity contribution in [2.24, 2.45) is 0 Å². The number of hydrogen-bond donors (Lipinski definition) is 0. The van der Waals surface area contributed by atoms with Gasteiger partial charge in [0.25, 0.3) is 5.91 Å². The van der Waals surface area contributed by atoms with Gasteiger partial charge in [0.15, 0.2) is 5.11 Å². The first-order chi connectivity index (χ1) is 6.29. The molecule has 3 rings (SSSR count). The lowest BCUT2D eigenvalue weighted by molar-refractivity contribution is -0.128. The highest BCUT2D eigenvalue weighted by Crippen LogP contribution is 2.36. The molecule has 1 aliphatic carbocycles. The van der Waals surface area contributed by atoms with Crippen molar-refractivity contribution in [2.45, 2.75) is 37.8 Å². The predicted molar refractivity (Wildman–Crippen MR) is 52.2 cm³/mol. The molecule has 3 fully saturated rings. The molecular weight excluding hydrogens is 184 g/mol. The maximum absolute atomic E-state index is 11.9. The third kappa shape index (κ3) is 0.950. The van der Waals surface area contributed by atoms with Crippen LogP contribution in [0, 0.1) is 0 Å². The summed E-state index contributed by atoms with van der Waals surface area (Å²) in [5, 5.41) is 0.801. The summed E-state index contributed by atoms with van der Waals surface area (Å²) in [7, 11) is 0. The highest BCUT2D eigenvalue weighted by molar-refractivity contribution is 7.80. The molecule has 0 unspecified atom stereocenters. The lowest BCUT2D eigenvalue weighted by Crippen LogP contribution is -2.34. The molecule has 4 heteroatoms. The second-order valence-corrected chi connectivity index (χ2v) is 4.44. The SMILES string of the molecule is O=C1[C@H]2CCCN2C(=S)N1C1CC1. The minimum Gasteiger partial charge on any atom is -0.337 e. The Hall–Kier alpha value is -0.640. The Morgan fingerprint density at radius 2 is 2.08 bits per heavy atom. The van der Waals surface area contributed by atoms with Crippen molar-refractivity contribution >= 4 is 23.2 Å². The summed E-state index contributed by atoms with van der Waals surface area (Å²) in [5.74, 6) is 0.269. The highest BCUT2D eigenvalue weighted by Gasteiger charge is 2.49. The molecule has 2 saturated heterocycles. The quantitative estimate of drug-likeness (QED) is 0.578. The van der Waals surface area contributed by atoms with Crippen LogP contribution >= 0.6 is 12.2 Å². The van der Waals surface area contributed by atoms with Gasteiger partial charge in [0.05, 0.1) is 0 Å². The lowest BCUT2D eigenvalue weighted by Gasteiger charge is -2.17. The molecule has 1 atom stereocenters. The average molecular weight is 196 g/mol. The Bertz CT molecular complexity index is 265. The molecule has 3 aliphatic rings. The Morgan fingerprint density at radius 1 is 1.31 bits per heavy atom. The van der Waals surface area contributed by atoms with Crippen LogP contribution in [0.25, 0.3) is 0 Å². The molecular formula is C9H12N2OS. The van der Waals surface area contributed by atoms with Crippen LogP contribution < -0.4 is 0 Å². The zero-order valence-electron chi connectivity index (χ0n) is 7.40. The molecule has 0 radical (unpaired) electrons. The highest BCUT2D eigenvalue weighted by atomic mass is 32.1. The zero-order chi connectivity index (χ0) is 9.00. The van der Waals surface area contributed by atoms with Crippen molar-refractivity contribution in [3.05, 3.63) is 0 Å². The number of fused-ring (bicyclic) bond motifs is 1. The van der Waals surface area contributed by atoms with Crippen LogP contribution in [0.3, 0.4) is 0 Å². The van der Waals surface area contributed by atoms with E-state index in [1.807, 2.05) is 4.90 Å². The van der Waals surface area contributed by atoms with E-state index in [0.29, 0.717) is 6.04 Å². The predicted octanol–water partition coefficient (Wildman–Crippen LogP) is 0.740. The van der Waals surface area contributed by atoms with E-state index in [2.05, 4.69) is 4.90 Å². The smallest absolute Gasteiger partial charge is 0.251 e. The van der Waals surface area contributed by atoms with E-state index in [4.69, 9.17) is 12.2 Å². The van der Waals surface area contributed by atoms with Gasteiger partial charge in [-0.05, 0) is 37.9 Å². The Balaban J connectivity index is 1.91. The fraction of sp³-hybridized carbons (Fsp3) is 0.778. The molecule has 70 valence electrons. The number of amides is 1. The van der Waals surface area contributed by atoms with Gasteiger partial charge in [0.2, 0.25) is 0 Å². The maximum atomic E-state index is 11.9. The maximum Gasteiger partial charge on any atom is 0.251 e. The molecule has 0 spiro atoms. The van der Waals surface area contributed by atoms with Gasteiger partial charge in [-0.2, -0.15) is 0 Å². The van der Waals surface area contributed by atoms with Crippen molar-refractivity contribution in [2.75, 3.05) is 6.54 Å². The van der Waals surface area contributed by atoms with Crippen LogP contribution in [0.15, 0.2) is 0 Å². The average Bonchev–Trinajstić information content (AvgIpc) is 2.77. The van der Waals surface area contributed by atoms with Gasteiger partial charge in [-0.3, -0.25) is 9.69 Å². The summed E-state index contributed by atoms with van der Waals surface area (Å²) in [6.45, 7) is 0.985. The first kappa shape index (κ1) is 7.74. The van der Waals surface area contributed by atoms with Gasteiger partial charge < -0.3 is 4.90 Å². The van der Waals surface area contributed by atoms with Gasteiger partial charge >= 0.3 is 0 Å². The number of nitrogens with zero attached hydrogens (tertiary/aromatic N) is 2. The molecule has 1 amide bonds. The van der Waals surface area contributed by atoms with Crippen molar-refractivity contribution in [3.63, 3.8) is 0 Å².